The minimum atomic E-state index is 0.127. The highest BCUT2D eigenvalue weighted by molar-refractivity contribution is 5.93. The van der Waals surface area contributed by atoms with Gasteiger partial charge in [0.25, 0.3) is 0 Å². The Morgan fingerprint density at radius 2 is 2.11 bits per heavy atom. The van der Waals surface area contributed by atoms with Crippen molar-refractivity contribution in [2.75, 3.05) is 31.7 Å². The molecule has 1 heterocycles. The number of nitrogens with zero attached hydrogens (tertiary/aromatic N) is 2. The molecule has 0 atom stereocenters. The molecule has 1 aromatic carbocycles. The van der Waals surface area contributed by atoms with E-state index in [1.807, 2.05) is 30.5 Å². The predicted octanol–water partition coefficient (Wildman–Crippen LogP) is 2.45. The number of aromatic nitrogens is 1. The average molecular weight is 260 g/mol. The second-order valence-electron chi connectivity index (χ2n) is 4.43. The first-order valence-corrected chi connectivity index (χ1v) is 6.58. The Hall–Kier alpha value is -1.81. The summed E-state index contributed by atoms with van der Waals surface area (Å²) in [6.07, 6.45) is 2.83. The van der Waals surface area contributed by atoms with Crippen LogP contribution < -0.4 is 9.64 Å². The van der Waals surface area contributed by atoms with Crippen LogP contribution >= 0.6 is 0 Å². The number of hydrogen-bond donors (Lipinski definition) is 1. The zero-order valence-corrected chi connectivity index (χ0v) is 11.5. The number of aliphatic hydroxyl groups is 1. The first-order chi connectivity index (χ1) is 9.30. The summed E-state index contributed by atoms with van der Waals surface area (Å²) in [6, 6.07) is 7.96. The Kier molecular flexibility index (Phi) is 4.58. The zero-order chi connectivity index (χ0) is 13.7. The Bertz CT molecular complexity index is 537. The third-order valence-electron chi connectivity index (χ3n) is 3.12. The highest BCUT2D eigenvalue weighted by atomic mass is 16.5. The smallest absolute Gasteiger partial charge is 0.136 e. The number of ether oxygens (including phenoxy) is 1. The van der Waals surface area contributed by atoms with Crippen LogP contribution in [0.15, 0.2) is 30.5 Å². The third kappa shape index (κ3) is 2.96. The molecule has 2 rings (SSSR count). The van der Waals surface area contributed by atoms with Gasteiger partial charge in [0.2, 0.25) is 0 Å². The molecule has 1 N–H and O–H groups in total. The van der Waals surface area contributed by atoms with E-state index in [1.54, 1.807) is 7.11 Å². The number of pyridine rings is 1. The highest BCUT2D eigenvalue weighted by Crippen LogP contribution is 2.28. The van der Waals surface area contributed by atoms with Gasteiger partial charge in [-0.3, -0.25) is 0 Å². The van der Waals surface area contributed by atoms with Crippen LogP contribution in [0.3, 0.4) is 0 Å². The monoisotopic (exact) mass is 260 g/mol. The van der Waals surface area contributed by atoms with Gasteiger partial charge in [0.1, 0.15) is 11.6 Å². The third-order valence-corrected chi connectivity index (χ3v) is 3.12. The summed E-state index contributed by atoms with van der Waals surface area (Å²) in [5, 5.41) is 11.4. The molecule has 0 saturated carbocycles. The van der Waals surface area contributed by atoms with Gasteiger partial charge in [-0.05, 0) is 30.0 Å². The van der Waals surface area contributed by atoms with Gasteiger partial charge >= 0.3 is 0 Å². The van der Waals surface area contributed by atoms with Crippen molar-refractivity contribution in [1.82, 2.24) is 4.98 Å². The van der Waals surface area contributed by atoms with E-state index in [0.717, 1.165) is 35.3 Å². The van der Waals surface area contributed by atoms with Crippen LogP contribution in [-0.2, 0) is 0 Å². The molecule has 19 heavy (non-hydrogen) atoms. The maximum absolute atomic E-state index is 9.20. The summed E-state index contributed by atoms with van der Waals surface area (Å²) >= 11 is 0. The number of fused-ring (bicyclic) bond motifs is 1. The van der Waals surface area contributed by atoms with E-state index in [2.05, 4.69) is 16.8 Å². The van der Waals surface area contributed by atoms with Gasteiger partial charge in [0.05, 0.1) is 13.7 Å². The zero-order valence-electron chi connectivity index (χ0n) is 11.5. The Morgan fingerprint density at radius 3 is 2.79 bits per heavy atom. The highest BCUT2D eigenvalue weighted by Gasteiger charge is 2.11. The molecule has 0 fully saturated rings. The fourth-order valence-corrected chi connectivity index (χ4v) is 2.23. The molecule has 0 aliphatic rings. The van der Waals surface area contributed by atoms with E-state index >= 15 is 0 Å². The second kappa shape index (κ2) is 6.38. The standard InChI is InChI=1S/C15H20N2O2/c1-3-8-17(9-10-18)15-14-11-13(19-2)5-4-12(14)6-7-16-15/h4-7,11,18H,3,8-10H2,1-2H3. The molecule has 0 saturated heterocycles. The van der Waals surface area contributed by atoms with Gasteiger partial charge < -0.3 is 14.7 Å². The molecule has 4 heteroatoms. The molecule has 0 aliphatic heterocycles. The minimum absolute atomic E-state index is 0.127. The molecule has 0 radical (unpaired) electrons. The fourth-order valence-electron chi connectivity index (χ4n) is 2.23. The van der Waals surface area contributed by atoms with Gasteiger partial charge in [-0.15, -0.1) is 0 Å². The topological polar surface area (TPSA) is 45.6 Å². The molecule has 0 spiro atoms. The number of benzene rings is 1. The van der Waals surface area contributed by atoms with Crippen molar-refractivity contribution in [3.63, 3.8) is 0 Å². The van der Waals surface area contributed by atoms with Gasteiger partial charge in [0, 0.05) is 24.7 Å². The van der Waals surface area contributed by atoms with Crippen molar-refractivity contribution < 1.29 is 9.84 Å². The van der Waals surface area contributed by atoms with Crippen LogP contribution in [0.2, 0.25) is 0 Å². The van der Waals surface area contributed by atoms with Crippen molar-refractivity contribution in [2.45, 2.75) is 13.3 Å². The molecule has 4 nitrogen and oxygen atoms in total. The predicted molar refractivity (Wildman–Crippen MR) is 77.9 cm³/mol. The van der Waals surface area contributed by atoms with E-state index in [4.69, 9.17) is 4.74 Å². The molecular weight excluding hydrogens is 240 g/mol. The Balaban J connectivity index is 2.50. The molecule has 2 aromatic rings. The lowest BCUT2D eigenvalue weighted by atomic mass is 10.1. The van der Waals surface area contributed by atoms with Crippen LogP contribution in [0.5, 0.6) is 5.75 Å². The number of aliphatic hydroxyl groups excluding tert-OH is 1. The van der Waals surface area contributed by atoms with Crippen molar-refractivity contribution in [1.29, 1.82) is 0 Å². The Morgan fingerprint density at radius 1 is 1.26 bits per heavy atom. The van der Waals surface area contributed by atoms with Crippen LogP contribution in [0.4, 0.5) is 5.82 Å². The van der Waals surface area contributed by atoms with Gasteiger partial charge in [-0.2, -0.15) is 0 Å². The van der Waals surface area contributed by atoms with E-state index in [1.165, 1.54) is 0 Å². The summed E-state index contributed by atoms with van der Waals surface area (Å²) < 4.78 is 5.28. The first-order valence-electron chi connectivity index (χ1n) is 6.58. The first kappa shape index (κ1) is 13.6. The van der Waals surface area contributed by atoms with Crippen LogP contribution in [0, 0.1) is 0 Å². The van der Waals surface area contributed by atoms with E-state index in [-0.39, 0.29) is 6.61 Å². The van der Waals surface area contributed by atoms with Gasteiger partial charge in [-0.25, -0.2) is 4.98 Å². The quantitative estimate of drug-likeness (QED) is 0.866. The van der Waals surface area contributed by atoms with Crippen LogP contribution in [0.1, 0.15) is 13.3 Å². The molecule has 0 unspecified atom stereocenters. The van der Waals surface area contributed by atoms with E-state index in [0.29, 0.717) is 6.54 Å². The van der Waals surface area contributed by atoms with Crippen LogP contribution in [0.25, 0.3) is 10.8 Å². The van der Waals surface area contributed by atoms with Gasteiger partial charge in [0.15, 0.2) is 0 Å². The second-order valence-corrected chi connectivity index (χ2v) is 4.43. The van der Waals surface area contributed by atoms with Crippen molar-refractivity contribution in [3.8, 4) is 5.75 Å². The minimum Gasteiger partial charge on any atom is -0.497 e. The summed E-state index contributed by atoms with van der Waals surface area (Å²) in [5.74, 6) is 1.73. The van der Waals surface area contributed by atoms with E-state index < -0.39 is 0 Å². The maximum atomic E-state index is 9.20. The number of rotatable bonds is 6. The number of hydrogen-bond acceptors (Lipinski definition) is 4. The molecular formula is C15H20N2O2. The SMILES string of the molecule is CCCN(CCO)c1nccc2ccc(OC)cc12. The summed E-state index contributed by atoms with van der Waals surface area (Å²) in [4.78, 5) is 6.59. The maximum Gasteiger partial charge on any atom is 0.136 e. The lowest BCUT2D eigenvalue weighted by molar-refractivity contribution is 0.301. The summed E-state index contributed by atoms with van der Waals surface area (Å²) in [5.41, 5.74) is 0. The lowest BCUT2D eigenvalue weighted by Crippen LogP contribution is -2.28. The molecule has 0 aliphatic carbocycles. The molecule has 0 bridgehead atoms. The fraction of sp³-hybridized carbons (Fsp3) is 0.400. The number of anilines is 1. The average Bonchev–Trinajstić information content (AvgIpc) is 2.46. The van der Waals surface area contributed by atoms with Crippen LogP contribution in [-0.4, -0.2) is 36.9 Å². The lowest BCUT2D eigenvalue weighted by Gasteiger charge is -2.23. The Labute approximate surface area is 113 Å². The number of methoxy groups -OCH3 is 1. The molecule has 0 amide bonds. The largest absolute Gasteiger partial charge is 0.497 e. The molecule has 102 valence electrons. The normalized spacial score (nSPS) is 10.7. The van der Waals surface area contributed by atoms with Gasteiger partial charge in [-0.1, -0.05) is 13.0 Å². The molecule has 1 aromatic heterocycles. The summed E-state index contributed by atoms with van der Waals surface area (Å²) in [7, 11) is 1.66. The van der Waals surface area contributed by atoms with Crippen molar-refractivity contribution in [2.24, 2.45) is 0 Å². The van der Waals surface area contributed by atoms with E-state index in [9.17, 15) is 5.11 Å². The van der Waals surface area contributed by atoms with Crippen molar-refractivity contribution in [3.05, 3.63) is 30.5 Å². The summed E-state index contributed by atoms with van der Waals surface area (Å²) in [6.45, 7) is 3.72. The van der Waals surface area contributed by atoms with Crippen molar-refractivity contribution >= 4 is 16.6 Å².